The third-order valence-electron chi connectivity index (χ3n) is 3.65. The number of amides is 1. The number of nitrogens with one attached hydrogen (secondary N) is 1. The van der Waals surface area contributed by atoms with Crippen LogP contribution in [0.2, 0.25) is 0 Å². The molecule has 3 rings (SSSR count). The smallest absolute Gasteiger partial charge is 0.416 e. The van der Waals surface area contributed by atoms with E-state index in [1.807, 2.05) is 0 Å². The fourth-order valence-electron chi connectivity index (χ4n) is 2.32. The standard InChI is InChI=1S/C18H13F3N4O3/c19-18(20,21)13-3-6-16(25-11-22-10-23-25)15(7-13)24-17(27)9-28-14-4-1-12(8-26)2-5-14/h1-8,10-11H,9H2,(H,24,27). The number of aldehydes is 1. The molecule has 0 radical (unpaired) electrons. The second kappa shape index (κ2) is 7.91. The minimum absolute atomic E-state index is 0.0924. The Hall–Kier alpha value is -3.69. The molecule has 1 amide bonds. The lowest BCUT2D eigenvalue weighted by Gasteiger charge is -2.14. The van der Waals surface area contributed by atoms with E-state index in [1.165, 1.54) is 47.7 Å². The first-order valence-electron chi connectivity index (χ1n) is 7.91. The highest BCUT2D eigenvalue weighted by Gasteiger charge is 2.31. The van der Waals surface area contributed by atoms with Crippen LogP contribution in [0.25, 0.3) is 5.69 Å². The van der Waals surface area contributed by atoms with Gasteiger partial charge >= 0.3 is 6.18 Å². The van der Waals surface area contributed by atoms with Crippen LogP contribution in [0.5, 0.6) is 5.75 Å². The van der Waals surface area contributed by atoms with Crippen molar-refractivity contribution in [1.29, 1.82) is 0 Å². The summed E-state index contributed by atoms with van der Waals surface area (Å²) in [6.45, 7) is -0.437. The molecule has 0 bridgehead atoms. The topological polar surface area (TPSA) is 86.1 Å². The van der Waals surface area contributed by atoms with Crippen molar-refractivity contribution in [2.24, 2.45) is 0 Å². The molecule has 144 valence electrons. The van der Waals surface area contributed by atoms with Gasteiger partial charge in [0.05, 0.1) is 16.9 Å². The second-order valence-electron chi connectivity index (χ2n) is 5.59. The summed E-state index contributed by atoms with van der Waals surface area (Å²) in [5.74, 6) is -0.332. The van der Waals surface area contributed by atoms with Gasteiger partial charge in [-0.25, -0.2) is 9.67 Å². The maximum absolute atomic E-state index is 13.0. The zero-order valence-electron chi connectivity index (χ0n) is 14.2. The Morgan fingerprint density at radius 3 is 2.54 bits per heavy atom. The van der Waals surface area contributed by atoms with Crippen molar-refractivity contribution >= 4 is 17.9 Å². The fourth-order valence-corrected chi connectivity index (χ4v) is 2.32. The molecule has 1 heterocycles. The Morgan fingerprint density at radius 2 is 1.93 bits per heavy atom. The highest BCUT2D eigenvalue weighted by Crippen LogP contribution is 2.33. The van der Waals surface area contributed by atoms with E-state index in [0.717, 1.165) is 12.1 Å². The maximum atomic E-state index is 13.0. The SMILES string of the molecule is O=Cc1ccc(OCC(=O)Nc2cc(C(F)(F)F)ccc2-n2cncn2)cc1. The Kier molecular flexibility index (Phi) is 5.39. The van der Waals surface area contributed by atoms with Crippen molar-refractivity contribution in [2.75, 3.05) is 11.9 Å². The molecule has 2 aromatic carbocycles. The first-order chi connectivity index (χ1) is 13.4. The third kappa shape index (κ3) is 4.53. The molecule has 10 heteroatoms. The summed E-state index contributed by atoms with van der Waals surface area (Å²) >= 11 is 0. The number of anilines is 1. The quantitative estimate of drug-likeness (QED) is 0.654. The van der Waals surface area contributed by atoms with Crippen LogP contribution in [0.1, 0.15) is 15.9 Å². The van der Waals surface area contributed by atoms with Gasteiger partial charge in [0.15, 0.2) is 6.61 Å². The van der Waals surface area contributed by atoms with E-state index in [4.69, 9.17) is 4.74 Å². The van der Waals surface area contributed by atoms with Crippen molar-refractivity contribution < 1.29 is 27.5 Å². The molecule has 1 N–H and O–H groups in total. The Morgan fingerprint density at radius 1 is 1.18 bits per heavy atom. The normalized spacial score (nSPS) is 11.1. The van der Waals surface area contributed by atoms with Gasteiger partial charge in [-0.1, -0.05) is 0 Å². The summed E-state index contributed by atoms with van der Waals surface area (Å²) < 4.78 is 45.6. The molecule has 0 aliphatic heterocycles. The predicted molar refractivity (Wildman–Crippen MR) is 92.3 cm³/mol. The van der Waals surface area contributed by atoms with Gasteiger partial charge in [0.25, 0.3) is 5.91 Å². The summed E-state index contributed by atoms with van der Waals surface area (Å²) in [6, 6.07) is 8.91. The van der Waals surface area contributed by atoms with Gasteiger partial charge in [-0.2, -0.15) is 18.3 Å². The maximum Gasteiger partial charge on any atom is 0.416 e. The van der Waals surface area contributed by atoms with Crippen molar-refractivity contribution in [3.8, 4) is 11.4 Å². The zero-order chi connectivity index (χ0) is 20.1. The third-order valence-corrected chi connectivity index (χ3v) is 3.65. The van der Waals surface area contributed by atoms with Crippen LogP contribution < -0.4 is 10.1 Å². The van der Waals surface area contributed by atoms with Gasteiger partial charge in [-0.15, -0.1) is 0 Å². The first-order valence-corrected chi connectivity index (χ1v) is 7.91. The highest BCUT2D eigenvalue weighted by molar-refractivity contribution is 5.94. The molecule has 0 spiro atoms. The number of nitrogens with zero attached hydrogens (tertiary/aromatic N) is 3. The van der Waals surface area contributed by atoms with E-state index in [1.54, 1.807) is 0 Å². The van der Waals surface area contributed by atoms with Crippen molar-refractivity contribution in [3.05, 3.63) is 66.2 Å². The lowest BCUT2D eigenvalue weighted by molar-refractivity contribution is -0.137. The first kappa shape index (κ1) is 19.1. The zero-order valence-corrected chi connectivity index (χ0v) is 14.2. The van der Waals surface area contributed by atoms with Crippen molar-refractivity contribution in [3.63, 3.8) is 0 Å². The van der Waals surface area contributed by atoms with Gasteiger partial charge in [0.2, 0.25) is 0 Å². The molecule has 0 unspecified atom stereocenters. The minimum Gasteiger partial charge on any atom is -0.484 e. The van der Waals surface area contributed by atoms with Gasteiger partial charge in [0.1, 0.15) is 24.7 Å². The molecule has 0 aliphatic carbocycles. The lowest BCUT2D eigenvalue weighted by atomic mass is 10.1. The molecular weight excluding hydrogens is 377 g/mol. The summed E-state index contributed by atoms with van der Waals surface area (Å²) in [5.41, 5.74) is -0.352. The molecular formula is C18H13F3N4O3. The highest BCUT2D eigenvalue weighted by atomic mass is 19.4. The number of ether oxygens (including phenoxy) is 1. The predicted octanol–water partition coefficient (Wildman–Crippen LogP) is 3.12. The Bertz CT molecular complexity index is 971. The van der Waals surface area contributed by atoms with Gasteiger partial charge in [-0.3, -0.25) is 9.59 Å². The van der Waals surface area contributed by atoms with Crippen LogP contribution in [-0.4, -0.2) is 33.6 Å². The van der Waals surface area contributed by atoms with Crippen LogP contribution in [0.3, 0.4) is 0 Å². The number of hydrogen-bond donors (Lipinski definition) is 1. The van der Waals surface area contributed by atoms with Crippen LogP contribution in [-0.2, 0) is 11.0 Å². The van der Waals surface area contributed by atoms with E-state index < -0.39 is 24.3 Å². The largest absolute Gasteiger partial charge is 0.484 e. The summed E-state index contributed by atoms with van der Waals surface area (Å²) in [7, 11) is 0. The van der Waals surface area contributed by atoms with Crippen LogP contribution in [0, 0.1) is 0 Å². The van der Waals surface area contributed by atoms with E-state index >= 15 is 0 Å². The Balaban J connectivity index is 1.77. The number of benzene rings is 2. The molecule has 3 aromatic rings. The number of aromatic nitrogens is 3. The van der Waals surface area contributed by atoms with E-state index in [9.17, 15) is 22.8 Å². The van der Waals surface area contributed by atoms with Gasteiger partial charge in [-0.05, 0) is 42.5 Å². The van der Waals surface area contributed by atoms with Crippen molar-refractivity contribution in [2.45, 2.75) is 6.18 Å². The number of carbonyl (C=O) groups is 2. The summed E-state index contributed by atoms with van der Waals surface area (Å²) in [6.07, 6.45) is -1.40. The van der Waals surface area contributed by atoms with Crippen molar-refractivity contribution in [1.82, 2.24) is 14.8 Å². The Labute approximate surface area is 156 Å². The van der Waals surface area contributed by atoms with Crippen LogP contribution >= 0.6 is 0 Å². The lowest BCUT2D eigenvalue weighted by Crippen LogP contribution is -2.21. The number of hydrogen-bond acceptors (Lipinski definition) is 5. The van der Waals surface area contributed by atoms with E-state index in [2.05, 4.69) is 15.4 Å². The summed E-state index contributed by atoms with van der Waals surface area (Å²) in [4.78, 5) is 26.5. The monoisotopic (exact) mass is 390 g/mol. The molecule has 7 nitrogen and oxygen atoms in total. The molecule has 0 saturated carbocycles. The molecule has 0 fully saturated rings. The van der Waals surface area contributed by atoms with E-state index in [0.29, 0.717) is 17.6 Å². The number of halogens is 3. The average Bonchev–Trinajstić information content (AvgIpc) is 3.20. The van der Waals surface area contributed by atoms with Gasteiger partial charge in [0, 0.05) is 5.56 Å². The molecule has 28 heavy (non-hydrogen) atoms. The number of carbonyl (C=O) groups excluding carboxylic acids is 2. The molecule has 1 aromatic heterocycles. The summed E-state index contributed by atoms with van der Waals surface area (Å²) in [5, 5.41) is 6.26. The molecule has 0 saturated heterocycles. The van der Waals surface area contributed by atoms with Crippen LogP contribution in [0.15, 0.2) is 55.1 Å². The second-order valence-corrected chi connectivity index (χ2v) is 5.59. The van der Waals surface area contributed by atoms with Gasteiger partial charge < -0.3 is 10.1 Å². The molecule has 0 aliphatic rings. The van der Waals surface area contributed by atoms with E-state index in [-0.39, 0.29) is 11.4 Å². The molecule has 0 atom stereocenters. The minimum atomic E-state index is -4.57. The van der Waals surface area contributed by atoms with Crippen LogP contribution in [0.4, 0.5) is 18.9 Å². The average molecular weight is 390 g/mol. The number of alkyl halides is 3. The fraction of sp³-hybridized carbons (Fsp3) is 0.111. The number of rotatable bonds is 6.